The van der Waals surface area contributed by atoms with E-state index in [0.717, 1.165) is 26.1 Å². The molecule has 2 fully saturated rings. The van der Waals surface area contributed by atoms with Gasteiger partial charge in [-0.3, -0.25) is 0 Å². The molecule has 0 amide bonds. The van der Waals surface area contributed by atoms with E-state index in [2.05, 4.69) is 0 Å². The summed E-state index contributed by atoms with van der Waals surface area (Å²) in [6.07, 6.45) is 1.85. The van der Waals surface area contributed by atoms with Crippen LogP contribution in [0.2, 0.25) is 0 Å². The quantitative estimate of drug-likeness (QED) is 0.780. The number of halogens is 2. The second-order valence-corrected chi connectivity index (χ2v) is 5.31. The first-order valence-electron chi connectivity index (χ1n) is 6.17. The number of nitrogens with zero attached hydrogens (tertiary/aromatic N) is 1. The Labute approximate surface area is 105 Å². The molecule has 1 spiro atoms. The summed E-state index contributed by atoms with van der Waals surface area (Å²) in [5.41, 5.74) is 5.85. The van der Waals surface area contributed by atoms with Crippen LogP contribution in [0.1, 0.15) is 12.8 Å². The Bertz CT molecular complexity index is 441. The molecule has 2 aliphatic rings. The highest BCUT2D eigenvalue weighted by atomic mass is 19.1. The zero-order chi connectivity index (χ0) is 12.8. The van der Waals surface area contributed by atoms with Crippen molar-refractivity contribution in [3.63, 3.8) is 0 Å². The van der Waals surface area contributed by atoms with Crippen LogP contribution < -0.4 is 10.6 Å². The van der Waals surface area contributed by atoms with Crippen molar-refractivity contribution in [2.75, 3.05) is 36.9 Å². The van der Waals surface area contributed by atoms with Gasteiger partial charge in [-0.05, 0) is 25.0 Å². The summed E-state index contributed by atoms with van der Waals surface area (Å²) in [4.78, 5) is 1.77. The molecule has 0 aromatic heterocycles. The van der Waals surface area contributed by atoms with Crippen LogP contribution in [0.15, 0.2) is 12.1 Å². The lowest BCUT2D eigenvalue weighted by Gasteiger charge is -2.47. The molecule has 2 aliphatic heterocycles. The van der Waals surface area contributed by atoms with Crippen LogP contribution in [0.25, 0.3) is 0 Å². The molecule has 2 heterocycles. The molecule has 2 N–H and O–H groups in total. The maximum Gasteiger partial charge on any atom is 0.151 e. The lowest BCUT2D eigenvalue weighted by molar-refractivity contribution is -0.124. The Kier molecular flexibility index (Phi) is 2.66. The van der Waals surface area contributed by atoms with Crippen LogP contribution in [-0.4, -0.2) is 26.3 Å². The molecule has 0 atom stereocenters. The molecule has 3 rings (SSSR count). The van der Waals surface area contributed by atoms with Crippen molar-refractivity contribution in [3.05, 3.63) is 23.8 Å². The lowest BCUT2D eigenvalue weighted by atomic mass is 9.77. The summed E-state index contributed by atoms with van der Waals surface area (Å²) in [5, 5.41) is 0. The Balaban J connectivity index is 1.80. The van der Waals surface area contributed by atoms with Crippen LogP contribution in [0.3, 0.4) is 0 Å². The Morgan fingerprint density at radius 3 is 2.11 bits per heavy atom. The molecule has 1 aromatic carbocycles. The maximum atomic E-state index is 13.8. The molecule has 1 aromatic rings. The number of hydrogen-bond acceptors (Lipinski definition) is 3. The first-order chi connectivity index (χ1) is 8.60. The number of anilines is 2. The van der Waals surface area contributed by atoms with Crippen LogP contribution in [0.5, 0.6) is 0 Å². The predicted octanol–water partition coefficient (Wildman–Crippen LogP) is 2.16. The summed E-state index contributed by atoms with van der Waals surface area (Å²) >= 11 is 0. The summed E-state index contributed by atoms with van der Waals surface area (Å²) in [6, 6.07) is 2.35. The van der Waals surface area contributed by atoms with Crippen molar-refractivity contribution in [1.29, 1.82) is 0 Å². The normalized spacial score (nSPS) is 22.0. The van der Waals surface area contributed by atoms with E-state index in [0.29, 0.717) is 13.1 Å². The topological polar surface area (TPSA) is 38.5 Å². The predicted molar refractivity (Wildman–Crippen MR) is 65.5 cm³/mol. The molecule has 98 valence electrons. The van der Waals surface area contributed by atoms with Gasteiger partial charge < -0.3 is 15.4 Å². The average molecular weight is 254 g/mol. The number of piperidine rings is 1. The van der Waals surface area contributed by atoms with E-state index in [1.807, 2.05) is 0 Å². The number of hydrogen-bond donors (Lipinski definition) is 1. The van der Waals surface area contributed by atoms with E-state index in [9.17, 15) is 8.78 Å². The Morgan fingerprint density at radius 1 is 1.11 bits per heavy atom. The standard InChI is InChI=1S/C13H16F2N2O/c14-10-5-9(16)6-11(15)12(10)17-3-1-13(2-4-17)7-18-8-13/h5-6H,1-4,7-8,16H2. The molecule has 0 saturated carbocycles. The van der Waals surface area contributed by atoms with E-state index in [-0.39, 0.29) is 16.8 Å². The Hall–Kier alpha value is -1.36. The van der Waals surface area contributed by atoms with Crippen LogP contribution in [-0.2, 0) is 4.74 Å². The molecule has 0 radical (unpaired) electrons. The fourth-order valence-electron chi connectivity index (χ4n) is 2.77. The second kappa shape index (κ2) is 4.09. The zero-order valence-electron chi connectivity index (χ0n) is 10.1. The second-order valence-electron chi connectivity index (χ2n) is 5.31. The third-order valence-electron chi connectivity index (χ3n) is 4.00. The summed E-state index contributed by atoms with van der Waals surface area (Å²) in [6.45, 7) is 2.91. The molecule has 0 bridgehead atoms. The highest BCUT2D eigenvalue weighted by molar-refractivity contribution is 5.56. The monoisotopic (exact) mass is 254 g/mol. The van der Waals surface area contributed by atoms with E-state index in [4.69, 9.17) is 10.5 Å². The highest BCUT2D eigenvalue weighted by Gasteiger charge is 2.41. The van der Waals surface area contributed by atoms with Crippen LogP contribution in [0.4, 0.5) is 20.2 Å². The molecule has 0 unspecified atom stereocenters. The van der Waals surface area contributed by atoms with Gasteiger partial charge in [0.25, 0.3) is 0 Å². The van der Waals surface area contributed by atoms with Crippen molar-refractivity contribution in [2.45, 2.75) is 12.8 Å². The van der Waals surface area contributed by atoms with Gasteiger partial charge in [0.1, 0.15) is 5.69 Å². The van der Waals surface area contributed by atoms with Crippen molar-refractivity contribution in [3.8, 4) is 0 Å². The van der Waals surface area contributed by atoms with Gasteiger partial charge in [-0.1, -0.05) is 0 Å². The minimum absolute atomic E-state index is 0.0549. The van der Waals surface area contributed by atoms with Crippen molar-refractivity contribution in [1.82, 2.24) is 0 Å². The molecule has 2 saturated heterocycles. The van der Waals surface area contributed by atoms with Crippen molar-refractivity contribution < 1.29 is 13.5 Å². The minimum atomic E-state index is -0.576. The van der Waals surface area contributed by atoms with Gasteiger partial charge in [-0.25, -0.2) is 8.78 Å². The molecule has 0 aliphatic carbocycles. The molecular formula is C13H16F2N2O. The van der Waals surface area contributed by atoms with E-state index in [1.54, 1.807) is 4.90 Å². The van der Waals surface area contributed by atoms with Gasteiger partial charge >= 0.3 is 0 Å². The lowest BCUT2D eigenvalue weighted by Crippen LogP contribution is -2.51. The van der Waals surface area contributed by atoms with Gasteiger partial charge in [0.05, 0.1) is 13.2 Å². The fraction of sp³-hybridized carbons (Fsp3) is 0.538. The van der Waals surface area contributed by atoms with Gasteiger partial charge in [-0.15, -0.1) is 0 Å². The van der Waals surface area contributed by atoms with Gasteiger partial charge in [0.2, 0.25) is 0 Å². The van der Waals surface area contributed by atoms with E-state index in [1.165, 1.54) is 12.1 Å². The highest BCUT2D eigenvalue weighted by Crippen LogP contribution is 2.40. The third kappa shape index (κ3) is 1.82. The maximum absolute atomic E-state index is 13.8. The molecule has 3 nitrogen and oxygen atoms in total. The van der Waals surface area contributed by atoms with E-state index < -0.39 is 11.6 Å². The SMILES string of the molecule is Nc1cc(F)c(N2CCC3(CC2)COC3)c(F)c1. The van der Waals surface area contributed by atoms with Crippen molar-refractivity contribution in [2.24, 2.45) is 5.41 Å². The minimum Gasteiger partial charge on any atom is -0.399 e. The third-order valence-corrected chi connectivity index (χ3v) is 4.00. The van der Waals surface area contributed by atoms with Gasteiger partial charge in [0, 0.05) is 24.2 Å². The van der Waals surface area contributed by atoms with E-state index >= 15 is 0 Å². The van der Waals surface area contributed by atoms with Crippen molar-refractivity contribution >= 4 is 11.4 Å². The first-order valence-corrected chi connectivity index (χ1v) is 6.17. The summed E-state index contributed by atoms with van der Waals surface area (Å²) < 4.78 is 32.8. The van der Waals surface area contributed by atoms with Crippen LogP contribution in [0, 0.1) is 17.0 Å². The average Bonchev–Trinajstić information content (AvgIpc) is 2.26. The smallest absolute Gasteiger partial charge is 0.151 e. The Morgan fingerprint density at radius 2 is 1.67 bits per heavy atom. The molecule has 18 heavy (non-hydrogen) atoms. The summed E-state index contributed by atoms with van der Waals surface area (Å²) in [5.74, 6) is -1.15. The number of rotatable bonds is 1. The summed E-state index contributed by atoms with van der Waals surface area (Å²) in [7, 11) is 0. The first kappa shape index (κ1) is 11.7. The largest absolute Gasteiger partial charge is 0.399 e. The van der Waals surface area contributed by atoms with Gasteiger partial charge in [0.15, 0.2) is 11.6 Å². The number of nitrogens with two attached hydrogens (primary N) is 1. The fourth-order valence-corrected chi connectivity index (χ4v) is 2.77. The zero-order valence-corrected chi connectivity index (χ0v) is 10.1. The van der Waals surface area contributed by atoms with Crippen LogP contribution >= 0.6 is 0 Å². The number of benzene rings is 1. The number of ether oxygens (including phenoxy) is 1. The molecule has 5 heteroatoms. The number of nitrogen functional groups attached to an aromatic ring is 1. The van der Waals surface area contributed by atoms with Gasteiger partial charge in [-0.2, -0.15) is 0 Å². The molecular weight excluding hydrogens is 238 g/mol.